The number of aliphatic imine (C=N–C) groups is 4. The van der Waals surface area contributed by atoms with Crippen LogP contribution in [0.15, 0.2) is 141 Å². The zero-order chi connectivity index (χ0) is 20.7. The van der Waals surface area contributed by atoms with E-state index in [1.807, 2.05) is 121 Å². The number of para-hydroxylation sites is 4. The maximum absolute atomic E-state index is 4.08. The van der Waals surface area contributed by atoms with E-state index in [4.69, 9.17) is 0 Å². The molecule has 0 heterocycles. The zero-order valence-corrected chi connectivity index (χ0v) is 16.3. The predicted molar refractivity (Wildman–Crippen MR) is 124 cm³/mol. The average molecular weight is 388 g/mol. The minimum absolute atomic E-state index is 0.859. The molecule has 4 rings (SSSR count). The zero-order valence-electron chi connectivity index (χ0n) is 16.3. The van der Waals surface area contributed by atoms with Crippen molar-refractivity contribution in [3.05, 3.63) is 121 Å². The third kappa shape index (κ3) is 7.71. The van der Waals surface area contributed by atoms with Gasteiger partial charge in [0.2, 0.25) is 0 Å². The number of rotatable bonds is 4. The Morgan fingerprint density at radius 2 is 0.500 bits per heavy atom. The van der Waals surface area contributed by atoms with Crippen molar-refractivity contribution in [2.24, 2.45) is 20.0 Å². The summed E-state index contributed by atoms with van der Waals surface area (Å²) >= 11 is 0. The molecule has 0 fully saturated rings. The molecule has 0 saturated heterocycles. The van der Waals surface area contributed by atoms with Crippen molar-refractivity contribution in [3.63, 3.8) is 0 Å². The van der Waals surface area contributed by atoms with Gasteiger partial charge in [0.05, 0.1) is 22.7 Å². The molecule has 144 valence electrons. The lowest BCUT2D eigenvalue weighted by Crippen LogP contribution is -1.63. The lowest BCUT2D eigenvalue weighted by molar-refractivity contribution is 1.49. The lowest BCUT2D eigenvalue weighted by atomic mass is 10.3. The fourth-order valence-electron chi connectivity index (χ4n) is 2.29. The molecule has 4 aromatic rings. The molecule has 0 spiro atoms. The van der Waals surface area contributed by atoms with E-state index < -0.39 is 0 Å². The monoisotopic (exact) mass is 388 g/mol. The molecule has 0 aliphatic carbocycles. The first-order valence-corrected chi connectivity index (χ1v) is 9.43. The summed E-state index contributed by atoms with van der Waals surface area (Å²) in [7, 11) is 0. The SMILES string of the molecule is C(=Nc1ccccc1)=Nc1ccccc1.C(=Nc1ccccc1)=Nc1ccccc1. The normalized spacial score (nSPS) is 9.07. The molecule has 0 aliphatic heterocycles. The Balaban J connectivity index is 0.000000171. The van der Waals surface area contributed by atoms with Crippen molar-refractivity contribution >= 4 is 34.8 Å². The molecule has 0 radical (unpaired) electrons. The second-order valence-electron chi connectivity index (χ2n) is 5.99. The van der Waals surface area contributed by atoms with Crippen LogP contribution in [0.25, 0.3) is 0 Å². The molecule has 4 nitrogen and oxygen atoms in total. The van der Waals surface area contributed by atoms with Crippen LogP contribution in [0.1, 0.15) is 0 Å². The fourth-order valence-corrected chi connectivity index (χ4v) is 2.29. The minimum atomic E-state index is 0.859. The van der Waals surface area contributed by atoms with Gasteiger partial charge in [0, 0.05) is 0 Å². The van der Waals surface area contributed by atoms with E-state index in [1.54, 1.807) is 0 Å². The first-order valence-electron chi connectivity index (χ1n) is 9.43. The van der Waals surface area contributed by atoms with Crippen LogP contribution in [-0.4, -0.2) is 12.0 Å². The first-order chi connectivity index (χ1) is 14.9. The summed E-state index contributed by atoms with van der Waals surface area (Å²) in [4.78, 5) is 16.3. The number of hydrogen-bond acceptors (Lipinski definition) is 4. The molecule has 30 heavy (non-hydrogen) atoms. The van der Waals surface area contributed by atoms with E-state index in [-0.39, 0.29) is 0 Å². The van der Waals surface area contributed by atoms with Crippen LogP contribution in [0.3, 0.4) is 0 Å². The number of benzene rings is 4. The molecule has 0 atom stereocenters. The molecule has 4 aromatic carbocycles. The van der Waals surface area contributed by atoms with Gasteiger partial charge >= 0.3 is 0 Å². The van der Waals surface area contributed by atoms with Crippen LogP contribution in [-0.2, 0) is 0 Å². The highest BCUT2D eigenvalue weighted by Crippen LogP contribution is 2.11. The summed E-state index contributed by atoms with van der Waals surface area (Å²) in [6.45, 7) is 0. The van der Waals surface area contributed by atoms with E-state index in [1.165, 1.54) is 0 Å². The van der Waals surface area contributed by atoms with E-state index >= 15 is 0 Å². The Kier molecular flexibility index (Phi) is 8.26. The number of hydrogen-bond donors (Lipinski definition) is 0. The van der Waals surface area contributed by atoms with Gasteiger partial charge in [-0.1, -0.05) is 72.8 Å². The van der Waals surface area contributed by atoms with Gasteiger partial charge in [0.1, 0.15) is 12.0 Å². The van der Waals surface area contributed by atoms with Crippen molar-refractivity contribution < 1.29 is 0 Å². The van der Waals surface area contributed by atoms with Crippen LogP contribution in [0.4, 0.5) is 22.7 Å². The summed E-state index contributed by atoms with van der Waals surface area (Å²) in [6, 6.07) is 43.9. The molecule has 0 amide bonds. The smallest absolute Gasteiger partial charge is 0.100 e. The summed E-state index contributed by atoms with van der Waals surface area (Å²) in [5, 5.41) is 0. The van der Waals surface area contributed by atoms with Gasteiger partial charge in [-0.05, 0) is 48.5 Å². The minimum Gasteiger partial charge on any atom is -0.188 e. The maximum Gasteiger partial charge on any atom is 0.100 e. The quantitative estimate of drug-likeness (QED) is 0.322. The van der Waals surface area contributed by atoms with Crippen molar-refractivity contribution in [2.75, 3.05) is 0 Å². The first kappa shape index (κ1) is 20.4. The van der Waals surface area contributed by atoms with Crippen molar-refractivity contribution in [3.8, 4) is 0 Å². The topological polar surface area (TPSA) is 49.4 Å². The van der Waals surface area contributed by atoms with E-state index in [9.17, 15) is 0 Å². The molecule has 0 unspecified atom stereocenters. The molecule has 4 heteroatoms. The van der Waals surface area contributed by atoms with Gasteiger partial charge in [-0.3, -0.25) is 0 Å². The average Bonchev–Trinajstić information content (AvgIpc) is 2.82. The van der Waals surface area contributed by atoms with Gasteiger partial charge in [-0.15, -0.1) is 0 Å². The molecule has 0 saturated carbocycles. The van der Waals surface area contributed by atoms with E-state index in [2.05, 4.69) is 32.0 Å². The molecule has 0 N–H and O–H groups in total. The van der Waals surface area contributed by atoms with Gasteiger partial charge in [0.15, 0.2) is 0 Å². The van der Waals surface area contributed by atoms with Gasteiger partial charge < -0.3 is 0 Å². The molecule has 0 aliphatic rings. The van der Waals surface area contributed by atoms with Crippen molar-refractivity contribution in [1.29, 1.82) is 0 Å². The highest BCUT2D eigenvalue weighted by Gasteiger charge is 1.84. The van der Waals surface area contributed by atoms with Gasteiger partial charge in [-0.25, -0.2) is 0 Å². The van der Waals surface area contributed by atoms with Crippen LogP contribution >= 0.6 is 0 Å². The second kappa shape index (κ2) is 12.2. The van der Waals surface area contributed by atoms with E-state index in [0.29, 0.717) is 0 Å². The van der Waals surface area contributed by atoms with E-state index in [0.717, 1.165) is 22.7 Å². The van der Waals surface area contributed by atoms with Crippen LogP contribution in [0.5, 0.6) is 0 Å². The standard InChI is InChI=1S/2C13H10N2/c2*1-3-7-12(8-4-1)14-11-15-13-9-5-2-6-10-13/h2*1-10H. The molecular weight excluding hydrogens is 368 g/mol. The van der Waals surface area contributed by atoms with Gasteiger partial charge in [0.25, 0.3) is 0 Å². The molecular formula is C26H20N4. The third-order valence-electron chi connectivity index (χ3n) is 3.74. The fraction of sp³-hybridized carbons (Fsp3) is 0. The number of nitrogens with zero attached hydrogens (tertiary/aromatic N) is 4. The highest BCUT2D eigenvalue weighted by atomic mass is 14.8. The Bertz CT molecular complexity index is 945. The second-order valence-corrected chi connectivity index (χ2v) is 5.99. The van der Waals surface area contributed by atoms with Crippen LogP contribution in [0, 0.1) is 0 Å². The Hall–Kier alpha value is -4.36. The molecule has 0 aromatic heterocycles. The van der Waals surface area contributed by atoms with Crippen molar-refractivity contribution in [2.45, 2.75) is 0 Å². The Morgan fingerprint density at radius 3 is 0.700 bits per heavy atom. The largest absolute Gasteiger partial charge is 0.188 e. The summed E-state index contributed by atoms with van der Waals surface area (Å²) < 4.78 is 0. The maximum atomic E-state index is 4.08. The van der Waals surface area contributed by atoms with Crippen LogP contribution in [0.2, 0.25) is 0 Å². The summed E-state index contributed by atoms with van der Waals surface area (Å²) in [5.41, 5.74) is 3.43. The molecule has 0 bridgehead atoms. The Labute approximate surface area is 176 Å². The summed E-state index contributed by atoms with van der Waals surface area (Å²) in [5.74, 6) is 0. The lowest BCUT2D eigenvalue weighted by Gasteiger charge is -1.87. The van der Waals surface area contributed by atoms with Gasteiger partial charge in [-0.2, -0.15) is 20.0 Å². The highest BCUT2D eigenvalue weighted by molar-refractivity contribution is 5.58. The third-order valence-corrected chi connectivity index (χ3v) is 3.74. The summed E-state index contributed by atoms with van der Waals surface area (Å²) in [6.07, 6.45) is 0. The predicted octanol–water partition coefficient (Wildman–Crippen LogP) is 7.65. The van der Waals surface area contributed by atoms with Crippen LogP contribution < -0.4 is 0 Å². The Morgan fingerprint density at radius 1 is 0.300 bits per heavy atom. The van der Waals surface area contributed by atoms with Crippen molar-refractivity contribution in [1.82, 2.24) is 0 Å².